The number of benzene rings is 1. The van der Waals surface area contributed by atoms with Gasteiger partial charge in [0.15, 0.2) is 18.1 Å². The molecular formula is C19H22N2O4S. The van der Waals surface area contributed by atoms with E-state index in [2.05, 4.69) is 0 Å². The van der Waals surface area contributed by atoms with Gasteiger partial charge in [0.2, 0.25) is 5.91 Å². The zero-order valence-corrected chi connectivity index (χ0v) is 15.6. The van der Waals surface area contributed by atoms with Gasteiger partial charge in [-0.25, -0.2) is 0 Å². The number of methoxy groups -OCH3 is 1. The van der Waals surface area contributed by atoms with Crippen LogP contribution >= 0.6 is 11.3 Å². The molecule has 2 N–H and O–H groups in total. The number of hydrogen-bond donors (Lipinski definition) is 1. The fraction of sp³-hybridized carbons (Fsp3) is 0.263. The first-order chi connectivity index (χ1) is 12.5. The lowest BCUT2D eigenvalue weighted by molar-refractivity contribution is -0.126. The summed E-state index contributed by atoms with van der Waals surface area (Å²) in [7, 11) is 1.50. The Bertz CT molecular complexity index is 772. The minimum atomic E-state index is -0.563. The molecule has 0 saturated heterocycles. The fourth-order valence-corrected chi connectivity index (χ4v) is 2.98. The van der Waals surface area contributed by atoms with Crippen LogP contribution in [-0.4, -0.2) is 37.0 Å². The molecule has 7 heteroatoms. The molecule has 0 unspecified atom stereocenters. The topological polar surface area (TPSA) is 81.9 Å². The van der Waals surface area contributed by atoms with Crippen molar-refractivity contribution < 1.29 is 19.1 Å². The van der Waals surface area contributed by atoms with Gasteiger partial charge in [-0.3, -0.25) is 9.59 Å². The first-order valence-electron chi connectivity index (χ1n) is 8.12. The van der Waals surface area contributed by atoms with Crippen LogP contribution in [0.3, 0.4) is 0 Å². The highest BCUT2D eigenvalue weighted by atomic mass is 32.1. The zero-order valence-electron chi connectivity index (χ0n) is 14.8. The van der Waals surface area contributed by atoms with Gasteiger partial charge in [-0.1, -0.05) is 12.1 Å². The van der Waals surface area contributed by atoms with E-state index in [1.807, 2.05) is 24.4 Å². The van der Waals surface area contributed by atoms with E-state index in [1.54, 1.807) is 40.5 Å². The Morgan fingerprint density at radius 3 is 2.69 bits per heavy atom. The molecule has 0 aliphatic rings. The van der Waals surface area contributed by atoms with Crippen molar-refractivity contribution in [3.63, 3.8) is 0 Å². The number of nitrogens with two attached hydrogens (primary N) is 1. The number of amides is 2. The predicted molar refractivity (Wildman–Crippen MR) is 102 cm³/mol. The molecule has 2 aromatic rings. The SMILES string of the molecule is CCN(Cc1cccs1)C(=O)/C=C/c1ccc(OCC(N)=O)c(OC)c1. The van der Waals surface area contributed by atoms with Crippen molar-refractivity contribution >= 4 is 29.2 Å². The summed E-state index contributed by atoms with van der Waals surface area (Å²) in [6.07, 6.45) is 3.26. The summed E-state index contributed by atoms with van der Waals surface area (Å²) in [5, 5.41) is 2.00. The van der Waals surface area contributed by atoms with Crippen LogP contribution in [0.2, 0.25) is 0 Å². The van der Waals surface area contributed by atoms with E-state index < -0.39 is 5.91 Å². The molecule has 6 nitrogen and oxygen atoms in total. The molecular weight excluding hydrogens is 352 g/mol. The highest BCUT2D eigenvalue weighted by Gasteiger charge is 2.10. The van der Waals surface area contributed by atoms with E-state index in [4.69, 9.17) is 15.2 Å². The monoisotopic (exact) mass is 374 g/mol. The first-order valence-corrected chi connectivity index (χ1v) is 9.00. The van der Waals surface area contributed by atoms with Gasteiger partial charge in [-0.05, 0) is 42.1 Å². The molecule has 0 bridgehead atoms. The number of thiophene rings is 1. The summed E-state index contributed by atoms with van der Waals surface area (Å²) in [6.45, 7) is 2.95. The molecule has 26 heavy (non-hydrogen) atoms. The third kappa shape index (κ3) is 5.63. The Morgan fingerprint density at radius 2 is 2.08 bits per heavy atom. The van der Waals surface area contributed by atoms with E-state index in [1.165, 1.54) is 13.2 Å². The average molecular weight is 374 g/mol. The third-order valence-electron chi connectivity index (χ3n) is 3.60. The maximum Gasteiger partial charge on any atom is 0.255 e. The molecule has 0 atom stereocenters. The summed E-state index contributed by atoms with van der Waals surface area (Å²) >= 11 is 1.63. The van der Waals surface area contributed by atoms with Crippen molar-refractivity contribution in [3.8, 4) is 11.5 Å². The van der Waals surface area contributed by atoms with Crippen LogP contribution in [0.5, 0.6) is 11.5 Å². The number of nitrogens with zero attached hydrogens (tertiary/aromatic N) is 1. The molecule has 0 fully saturated rings. The van der Waals surface area contributed by atoms with Crippen LogP contribution in [0.15, 0.2) is 41.8 Å². The molecule has 1 aromatic carbocycles. The van der Waals surface area contributed by atoms with Gasteiger partial charge in [0.05, 0.1) is 13.7 Å². The minimum Gasteiger partial charge on any atom is -0.493 e. The Balaban J connectivity index is 2.05. The van der Waals surface area contributed by atoms with Gasteiger partial charge in [0, 0.05) is 17.5 Å². The van der Waals surface area contributed by atoms with E-state index >= 15 is 0 Å². The predicted octanol–water partition coefficient (Wildman–Crippen LogP) is 2.68. The number of rotatable bonds is 9. The largest absolute Gasteiger partial charge is 0.493 e. The Hall–Kier alpha value is -2.80. The minimum absolute atomic E-state index is 0.0612. The quantitative estimate of drug-likeness (QED) is 0.684. The van der Waals surface area contributed by atoms with Crippen LogP contribution in [0, 0.1) is 0 Å². The molecule has 2 rings (SSSR count). The summed E-state index contributed by atoms with van der Waals surface area (Å²) in [5.74, 6) is 0.260. The van der Waals surface area contributed by atoms with Gasteiger partial charge >= 0.3 is 0 Å². The van der Waals surface area contributed by atoms with Crippen LogP contribution < -0.4 is 15.2 Å². The molecule has 0 radical (unpaired) electrons. The van der Waals surface area contributed by atoms with Crippen molar-refractivity contribution in [1.82, 2.24) is 4.90 Å². The molecule has 0 aliphatic heterocycles. The van der Waals surface area contributed by atoms with Crippen molar-refractivity contribution in [2.24, 2.45) is 5.73 Å². The lowest BCUT2D eigenvalue weighted by Gasteiger charge is -2.18. The molecule has 1 aromatic heterocycles. The van der Waals surface area contributed by atoms with Crippen molar-refractivity contribution in [2.45, 2.75) is 13.5 Å². The van der Waals surface area contributed by atoms with Crippen LogP contribution in [0.4, 0.5) is 0 Å². The number of hydrogen-bond acceptors (Lipinski definition) is 5. The molecule has 138 valence electrons. The highest BCUT2D eigenvalue weighted by molar-refractivity contribution is 7.09. The van der Waals surface area contributed by atoms with Crippen molar-refractivity contribution in [1.29, 1.82) is 0 Å². The van der Waals surface area contributed by atoms with E-state index in [9.17, 15) is 9.59 Å². The van der Waals surface area contributed by atoms with Crippen LogP contribution in [-0.2, 0) is 16.1 Å². The van der Waals surface area contributed by atoms with Gasteiger partial charge in [-0.2, -0.15) is 0 Å². The Morgan fingerprint density at radius 1 is 1.27 bits per heavy atom. The van der Waals surface area contributed by atoms with Gasteiger partial charge in [0.1, 0.15) is 0 Å². The first kappa shape index (κ1) is 19.5. The van der Waals surface area contributed by atoms with Crippen LogP contribution in [0.1, 0.15) is 17.4 Å². The summed E-state index contributed by atoms with van der Waals surface area (Å²) < 4.78 is 10.5. The Labute approximate surface area is 156 Å². The molecule has 1 heterocycles. The molecule has 0 aliphatic carbocycles. The molecule has 2 amide bonds. The lowest BCUT2D eigenvalue weighted by atomic mass is 10.2. The number of likely N-dealkylation sites (N-methyl/N-ethyl adjacent to an activating group) is 1. The Kier molecular flexibility index (Phi) is 7.23. The second-order valence-corrected chi connectivity index (χ2v) is 6.46. The van der Waals surface area contributed by atoms with Gasteiger partial charge in [0.25, 0.3) is 5.91 Å². The number of carbonyl (C=O) groups excluding carboxylic acids is 2. The second-order valence-electron chi connectivity index (χ2n) is 5.43. The van der Waals surface area contributed by atoms with Gasteiger partial charge in [-0.15, -0.1) is 11.3 Å². The normalized spacial score (nSPS) is 10.7. The summed E-state index contributed by atoms with van der Waals surface area (Å²) in [4.78, 5) is 26.1. The smallest absolute Gasteiger partial charge is 0.255 e. The lowest BCUT2D eigenvalue weighted by Crippen LogP contribution is -2.28. The molecule has 0 spiro atoms. The van der Waals surface area contributed by atoms with E-state index in [0.717, 1.165) is 10.4 Å². The fourth-order valence-electron chi connectivity index (χ4n) is 2.27. The standard InChI is InChI=1S/C19H22N2O4S/c1-3-21(12-15-5-4-10-26-15)19(23)9-7-14-6-8-16(17(11-14)24-2)25-13-18(20)22/h4-11H,3,12-13H2,1-2H3,(H2,20,22)/b9-7+. The second kappa shape index (κ2) is 9.62. The maximum atomic E-state index is 12.4. The average Bonchev–Trinajstić information content (AvgIpc) is 3.15. The number of carbonyl (C=O) groups is 2. The van der Waals surface area contributed by atoms with Crippen molar-refractivity contribution in [3.05, 3.63) is 52.2 Å². The van der Waals surface area contributed by atoms with Crippen molar-refractivity contribution in [2.75, 3.05) is 20.3 Å². The summed E-state index contributed by atoms with van der Waals surface area (Å²) in [5.41, 5.74) is 5.86. The zero-order chi connectivity index (χ0) is 18.9. The molecule has 0 saturated carbocycles. The van der Waals surface area contributed by atoms with Gasteiger partial charge < -0.3 is 20.1 Å². The maximum absolute atomic E-state index is 12.4. The van der Waals surface area contributed by atoms with Crippen LogP contribution in [0.25, 0.3) is 6.08 Å². The van der Waals surface area contributed by atoms with E-state index in [0.29, 0.717) is 24.6 Å². The highest BCUT2D eigenvalue weighted by Crippen LogP contribution is 2.28. The number of primary amides is 1. The summed E-state index contributed by atoms with van der Waals surface area (Å²) in [6, 6.07) is 9.17. The number of ether oxygens (including phenoxy) is 2. The third-order valence-corrected chi connectivity index (χ3v) is 4.46. The van der Waals surface area contributed by atoms with E-state index in [-0.39, 0.29) is 12.5 Å².